The fraction of sp³-hybridized carbons (Fsp3) is 0.600. The summed E-state index contributed by atoms with van der Waals surface area (Å²) in [6.45, 7) is 9.74. The zero-order valence-corrected chi connectivity index (χ0v) is 15.0. The second kappa shape index (κ2) is 7.44. The molecule has 5 heteroatoms. The van der Waals surface area contributed by atoms with Crippen molar-refractivity contribution in [3.8, 4) is 0 Å². The zero-order valence-electron chi connectivity index (χ0n) is 15.0. The van der Waals surface area contributed by atoms with Gasteiger partial charge in [-0.2, -0.15) is 0 Å². The molecular weight excluding hydrogens is 317 g/mol. The number of hydrogen-bond donors (Lipinski definition) is 1. The molecule has 136 valence electrons. The molecule has 1 atom stereocenters. The first kappa shape index (κ1) is 17.0. The van der Waals surface area contributed by atoms with Gasteiger partial charge in [0.15, 0.2) is 0 Å². The van der Waals surface area contributed by atoms with Gasteiger partial charge in [0, 0.05) is 43.3 Å². The summed E-state index contributed by atoms with van der Waals surface area (Å²) < 4.78 is 19.0. The number of H-pyrrole nitrogens is 1. The van der Waals surface area contributed by atoms with Crippen molar-refractivity contribution in [3.63, 3.8) is 0 Å². The van der Waals surface area contributed by atoms with Gasteiger partial charge >= 0.3 is 0 Å². The van der Waals surface area contributed by atoms with E-state index in [-0.39, 0.29) is 5.82 Å². The highest BCUT2D eigenvalue weighted by molar-refractivity contribution is 5.83. The summed E-state index contributed by atoms with van der Waals surface area (Å²) in [5.41, 5.74) is 2.27. The predicted molar refractivity (Wildman–Crippen MR) is 98.5 cm³/mol. The summed E-state index contributed by atoms with van der Waals surface area (Å²) >= 11 is 0. The maximum Gasteiger partial charge on any atom is 0.125 e. The molecule has 2 aromatic rings. The lowest BCUT2D eigenvalue weighted by atomic mass is 9.89. The Balaban J connectivity index is 1.30. The number of fused-ring (bicyclic) bond motifs is 1. The normalized spacial score (nSPS) is 24.2. The van der Waals surface area contributed by atoms with Gasteiger partial charge in [0.25, 0.3) is 0 Å². The van der Waals surface area contributed by atoms with E-state index >= 15 is 0 Å². The third-order valence-corrected chi connectivity index (χ3v) is 5.76. The summed E-state index contributed by atoms with van der Waals surface area (Å²) in [4.78, 5) is 8.35. The van der Waals surface area contributed by atoms with E-state index in [1.165, 1.54) is 23.8 Å². The predicted octanol–water partition coefficient (Wildman–Crippen LogP) is 3.21. The molecule has 1 aromatic carbocycles. The molecule has 25 heavy (non-hydrogen) atoms. The topological polar surface area (TPSA) is 31.5 Å². The van der Waals surface area contributed by atoms with Crippen LogP contribution in [-0.2, 0) is 4.74 Å². The van der Waals surface area contributed by atoms with Crippen LogP contribution in [-0.4, -0.2) is 66.8 Å². The van der Waals surface area contributed by atoms with Crippen molar-refractivity contribution >= 4 is 10.9 Å². The van der Waals surface area contributed by atoms with Gasteiger partial charge in [-0.1, -0.05) is 0 Å². The highest BCUT2D eigenvalue weighted by Gasteiger charge is 2.24. The van der Waals surface area contributed by atoms with Gasteiger partial charge in [-0.25, -0.2) is 4.39 Å². The lowest BCUT2D eigenvalue weighted by molar-refractivity contribution is -0.0211. The highest BCUT2D eigenvalue weighted by Crippen LogP contribution is 2.33. The minimum Gasteiger partial charge on any atom is -0.376 e. The van der Waals surface area contributed by atoms with E-state index in [9.17, 15) is 4.39 Å². The Morgan fingerprint density at radius 2 is 1.96 bits per heavy atom. The average molecular weight is 345 g/mol. The van der Waals surface area contributed by atoms with E-state index in [1.807, 2.05) is 6.07 Å². The number of aromatic nitrogens is 1. The van der Waals surface area contributed by atoms with E-state index in [2.05, 4.69) is 27.9 Å². The summed E-state index contributed by atoms with van der Waals surface area (Å²) in [5, 5.41) is 1.18. The number of morpholine rings is 1. The first-order valence-corrected chi connectivity index (χ1v) is 9.52. The smallest absolute Gasteiger partial charge is 0.125 e. The number of likely N-dealkylation sites (tertiary alicyclic amines) is 1. The number of halogens is 1. The van der Waals surface area contributed by atoms with Crippen molar-refractivity contribution in [3.05, 3.63) is 35.8 Å². The molecular formula is C20H28FN3O. The molecule has 2 aliphatic heterocycles. The van der Waals surface area contributed by atoms with Crippen LogP contribution in [0.1, 0.15) is 31.2 Å². The molecule has 2 saturated heterocycles. The fourth-order valence-electron chi connectivity index (χ4n) is 4.30. The molecule has 0 amide bonds. The molecule has 3 heterocycles. The van der Waals surface area contributed by atoms with Crippen LogP contribution in [0.25, 0.3) is 10.9 Å². The van der Waals surface area contributed by atoms with Gasteiger partial charge in [-0.05, 0) is 62.5 Å². The van der Waals surface area contributed by atoms with Crippen LogP contribution < -0.4 is 0 Å². The quantitative estimate of drug-likeness (QED) is 0.923. The minimum atomic E-state index is -0.173. The third kappa shape index (κ3) is 3.89. The molecule has 0 spiro atoms. The van der Waals surface area contributed by atoms with E-state index in [0.717, 1.165) is 51.4 Å². The van der Waals surface area contributed by atoms with Crippen LogP contribution >= 0.6 is 0 Å². The standard InChI is InChI=1S/C20H28FN3O/c1-15-14-24(10-11-25-15)9-8-23-6-4-16(5-7-23)19-13-22-20-12-17(21)2-3-18(19)20/h2-3,12-13,15-16,22H,4-11,14H2,1H3. The first-order chi connectivity index (χ1) is 12.2. The van der Waals surface area contributed by atoms with Gasteiger partial charge in [0.2, 0.25) is 0 Å². The van der Waals surface area contributed by atoms with Gasteiger partial charge in [0.1, 0.15) is 5.82 Å². The van der Waals surface area contributed by atoms with E-state index < -0.39 is 0 Å². The van der Waals surface area contributed by atoms with Gasteiger partial charge in [0.05, 0.1) is 12.7 Å². The Morgan fingerprint density at radius 1 is 1.16 bits per heavy atom. The molecule has 2 aliphatic rings. The maximum atomic E-state index is 13.4. The lowest BCUT2D eigenvalue weighted by Gasteiger charge is -2.35. The number of aromatic amines is 1. The van der Waals surface area contributed by atoms with Crippen molar-refractivity contribution in [1.82, 2.24) is 14.8 Å². The van der Waals surface area contributed by atoms with E-state index in [4.69, 9.17) is 4.74 Å². The Morgan fingerprint density at radius 3 is 2.76 bits per heavy atom. The Hall–Kier alpha value is -1.43. The van der Waals surface area contributed by atoms with Crippen molar-refractivity contribution in [1.29, 1.82) is 0 Å². The monoisotopic (exact) mass is 345 g/mol. The van der Waals surface area contributed by atoms with Crippen LogP contribution in [0.2, 0.25) is 0 Å². The summed E-state index contributed by atoms with van der Waals surface area (Å²) in [5.74, 6) is 0.409. The number of ether oxygens (including phenoxy) is 1. The van der Waals surface area contributed by atoms with Crippen LogP contribution in [0.4, 0.5) is 4.39 Å². The lowest BCUT2D eigenvalue weighted by Crippen LogP contribution is -2.45. The number of nitrogens with zero attached hydrogens (tertiary/aromatic N) is 2. The number of benzene rings is 1. The van der Waals surface area contributed by atoms with Gasteiger partial charge < -0.3 is 14.6 Å². The van der Waals surface area contributed by atoms with Crippen LogP contribution in [0.15, 0.2) is 24.4 Å². The van der Waals surface area contributed by atoms with Gasteiger partial charge in [-0.3, -0.25) is 4.90 Å². The molecule has 4 rings (SSSR count). The average Bonchev–Trinajstić information content (AvgIpc) is 3.03. The fourth-order valence-corrected chi connectivity index (χ4v) is 4.30. The third-order valence-electron chi connectivity index (χ3n) is 5.76. The van der Waals surface area contributed by atoms with Crippen molar-refractivity contribution in [2.75, 3.05) is 45.9 Å². The Kier molecular flexibility index (Phi) is 5.06. The molecule has 2 fully saturated rings. The number of rotatable bonds is 4. The molecule has 1 N–H and O–H groups in total. The molecule has 0 bridgehead atoms. The molecule has 0 aliphatic carbocycles. The number of hydrogen-bond acceptors (Lipinski definition) is 3. The summed E-state index contributed by atoms with van der Waals surface area (Å²) in [6, 6.07) is 5.08. The van der Waals surface area contributed by atoms with E-state index in [1.54, 1.807) is 12.1 Å². The number of piperidine rings is 1. The minimum absolute atomic E-state index is 0.173. The van der Waals surface area contributed by atoms with Crippen LogP contribution in [0, 0.1) is 5.82 Å². The Labute approximate surface area is 148 Å². The van der Waals surface area contributed by atoms with Crippen molar-refractivity contribution < 1.29 is 9.13 Å². The molecule has 1 unspecified atom stereocenters. The number of nitrogens with one attached hydrogen (secondary N) is 1. The van der Waals surface area contributed by atoms with E-state index in [0.29, 0.717) is 12.0 Å². The second-order valence-corrected chi connectivity index (χ2v) is 7.53. The Bertz CT molecular complexity index is 708. The zero-order chi connectivity index (χ0) is 17.2. The maximum absolute atomic E-state index is 13.4. The SMILES string of the molecule is CC1CN(CCN2CCC(c3c[nH]c4cc(F)ccc34)CC2)CCO1. The largest absolute Gasteiger partial charge is 0.376 e. The molecule has 4 nitrogen and oxygen atoms in total. The molecule has 0 saturated carbocycles. The van der Waals surface area contributed by atoms with Crippen molar-refractivity contribution in [2.24, 2.45) is 0 Å². The summed E-state index contributed by atoms with van der Waals surface area (Å²) in [7, 11) is 0. The second-order valence-electron chi connectivity index (χ2n) is 7.53. The molecule has 0 radical (unpaired) electrons. The van der Waals surface area contributed by atoms with Gasteiger partial charge in [-0.15, -0.1) is 0 Å². The first-order valence-electron chi connectivity index (χ1n) is 9.52. The van der Waals surface area contributed by atoms with Crippen LogP contribution in [0.5, 0.6) is 0 Å². The van der Waals surface area contributed by atoms with Crippen LogP contribution in [0.3, 0.4) is 0 Å². The molecule has 1 aromatic heterocycles. The highest BCUT2D eigenvalue weighted by atomic mass is 19.1. The summed E-state index contributed by atoms with van der Waals surface area (Å²) in [6.07, 6.45) is 4.82. The van der Waals surface area contributed by atoms with Crippen molar-refractivity contribution in [2.45, 2.75) is 31.8 Å².